The first-order valence-electron chi connectivity index (χ1n) is 10.9. The van der Waals surface area contributed by atoms with Crippen LogP contribution >= 0.6 is 22.9 Å². The molecule has 1 aliphatic heterocycles. The van der Waals surface area contributed by atoms with Crippen molar-refractivity contribution in [1.82, 2.24) is 15.2 Å². The second-order valence-electron chi connectivity index (χ2n) is 8.53. The molecular weight excluding hydrogens is 458 g/mol. The van der Waals surface area contributed by atoms with Crippen LogP contribution in [-0.2, 0) is 0 Å². The van der Waals surface area contributed by atoms with Crippen LogP contribution in [0.15, 0.2) is 48.5 Å². The van der Waals surface area contributed by atoms with E-state index in [2.05, 4.69) is 10.3 Å². The summed E-state index contributed by atoms with van der Waals surface area (Å²) in [6, 6.07) is 14.7. The van der Waals surface area contributed by atoms with Crippen molar-refractivity contribution >= 4 is 34.8 Å². The topological polar surface area (TPSA) is 71.5 Å². The molecule has 1 aromatic heterocycles. The highest BCUT2D eigenvalue weighted by atomic mass is 35.5. The zero-order valence-electron chi connectivity index (χ0n) is 18.4. The van der Waals surface area contributed by atoms with Gasteiger partial charge in [-0.2, -0.15) is 0 Å². The zero-order chi connectivity index (χ0) is 23.1. The Kier molecular flexibility index (Phi) is 5.85. The molecule has 1 aliphatic carbocycles. The lowest BCUT2D eigenvalue weighted by molar-refractivity contribution is 0.0684. The number of nitrogens with zero attached hydrogens (tertiary/aromatic N) is 2. The van der Waals surface area contributed by atoms with Gasteiger partial charge in [-0.05, 0) is 61.6 Å². The number of carbonyl (C=O) groups excluding carboxylic acids is 2. The van der Waals surface area contributed by atoms with Crippen molar-refractivity contribution in [1.29, 1.82) is 0 Å². The number of fused-ring (bicyclic) bond motifs is 1. The van der Waals surface area contributed by atoms with Gasteiger partial charge in [-0.3, -0.25) is 9.59 Å². The summed E-state index contributed by atoms with van der Waals surface area (Å²) in [4.78, 5) is 33.8. The highest BCUT2D eigenvalue weighted by Gasteiger charge is 2.54. The molecule has 2 heterocycles. The van der Waals surface area contributed by atoms with Crippen LogP contribution in [0.4, 0.5) is 0 Å². The zero-order valence-corrected chi connectivity index (χ0v) is 19.9. The standard InChI is InChI=1S/C25H24ClN3O3S/c1-14-28-22(23(33-14)15-5-3-7-18(26)9-15)25(31)29-19(10-17-12-21(17)29)13-27-24(30)16-6-4-8-20(11-16)32-2/h3-9,11,17,19,21H,10,12-13H2,1-2H3,(H,27,30)/t17-,19-,21-/m0/s1. The molecule has 0 radical (unpaired) electrons. The van der Waals surface area contributed by atoms with Gasteiger partial charge in [-0.1, -0.05) is 29.8 Å². The van der Waals surface area contributed by atoms with Crippen LogP contribution in [0.3, 0.4) is 0 Å². The summed E-state index contributed by atoms with van der Waals surface area (Å²) in [5.74, 6) is 0.891. The van der Waals surface area contributed by atoms with Gasteiger partial charge in [0.05, 0.1) is 23.0 Å². The molecule has 2 amide bonds. The Morgan fingerprint density at radius 1 is 1.21 bits per heavy atom. The predicted octanol–water partition coefficient (Wildman–Crippen LogP) is 4.81. The normalized spacial score (nSPS) is 20.9. The number of thiazole rings is 1. The van der Waals surface area contributed by atoms with Gasteiger partial charge in [0, 0.05) is 23.2 Å². The van der Waals surface area contributed by atoms with E-state index in [-0.39, 0.29) is 23.9 Å². The molecule has 2 fully saturated rings. The van der Waals surface area contributed by atoms with Gasteiger partial charge in [0.2, 0.25) is 0 Å². The van der Waals surface area contributed by atoms with E-state index in [0.29, 0.717) is 34.5 Å². The van der Waals surface area contributed by atoms with E-state index in [4.69, 9.17) is 16.3 Å². The quantitative estimate of drug-likeness (QED) is 0.548. The van der Waals surface area contributed by atoms with Crippen molar-refractivity contribution in [3.8, 4) is 16.2 Å². The third-order valence-electron chi connectivity index (χ3n) is 6.30. The maximum absolute atomic E-state index is 13.7. The molecule has 6 nitrogen and oxygen atoms in total. The minimum absolute atomic E-state index is 0.0509. The van der Waals surface area contributed by atoms with Crippen molar-refractivity contribution in [2.75, 3.05) is 13.7 Å². The number of nitrogens with one attached hydrogen (secondary N) is 1. The van der Waals surface area contributed by atoms with Crippen LogP contribution in [0.5, 0.6) is 5.75 Å². The Morgan fingerprint density at radius 3 is 2.82 bits per heavy atom. The highest BCUT2D eigenvalue weighted by Crippen LogP contribution is 2.48. The summed E-state index contributed by atoms with van der Waals surface area (Å²) in [6.45, 7) is 2.32. The SMILES string of the molecule is COc1cccc(C(=O)NC[C@@H]2C[C@H]3C[C@@H]3N2C(=O)c2nc(C)sc2-c2cccc(Cl)c2)c1. The molecule has 33 heavy (non-hydrogen) atoms. The first-order chi connectivity index (χ1) is 15.9. The van der Waals surface area contributed by atoms with Crippen LogP contribution in [-0.4, -0.2) is 47.4 Å². The van der Waals surface area contributed by atoms with Crippen LogP contribution < -0.4 is 10.1 Å². The number of amides is 2. The highest BCUT2D eigenvalue weighted by molar-refractivity contribution is 7.15. The summed E-state index contributed by atoms with van der Waals surface area (Å²) in [6.07, 6.45) is 1.91. The number of rotatable bonds is 6. The Labute approximate surface area is 201 Å². The summed E-state index contributed by atoms with van der Waals surface area (Å²) in [5, 5.41) is 4.46. The van der Waals surface area contributed by atoms with E-state index >= 15 is 0 Å². The molecule has 0 bridgehead atoms. The van der Waals surface area contributed by atoms with E-state index in [0.717, 1.165) is 28.3 Å². The fourth-order valence-electron chi connectivity index (χ4n) is 4.65. The van der Waals surface area contributed by atoms with Gasteiger partial charge in [-0.25, -0.2) is 4.98 Å². The Morgan fingerprint density at radius 2 is 2.03 bits per heavy atom. The molecule has 3 aromatic rings. The average molecular weight is 482 g/mol. The largest absolute Gasteiger partial charge is 0.497 e. The monoisotopic (exact) mass is 481 g/mol. The first kappa shape index (κ1) is 21.9. The molecule has 3 atom stereocenters. The molecule has 0 spiro atoms. The first-order valence-corrected chi connectivity index (χ1v) is 12.1. The number of hydrogen-bond acceptors (Lipinski definition) is 5. The van der Waals surface area contributed by atoms with Gasteiger partial charge in [0.15, 0.2) is 0 Å². The van der Waals surface area contributed by atoms with Crippen molar-refractivity contribution in [3.63, 3.8) is 0 Å². The fraction of sp³-hybridized carbons (Fsp3) is 0.320. The smallest absolute Gasteiger partial charge is 0.274 e. The molecule has 170 valence electrons. The van der Waals surface area contributed by atoms with Crippen molar-refractivity contribution in [2.24, 2.45) is 5.92 Å². The van der Waals surface area contributed by atoms with Gasteiger partial charge < -0.3 is 15.0 Å². The van der Waals surface area contributed by atoms with Crippen LogP contribution in [0.25, 0.3) is 10.4 Å². The van der Waals surface area contributed by atoms with E-state index < -0.39 is 0 Å². The lowest BCUT2D eigenvalue weighted by Crippen LogP contribution is -2.45. The molecule has 0 unspecified atom stereocenters. The summed E-state index contributed by atoms with van der Waals surface area (Å²) in [5.41, 5.74) is 1.90. The number of halogens is 1. The molecule has 1 saturated heterocycles. The molecule has 2 aromatic carbocycles. The minimum atomic E-state index is -0.175. The summed E-state index contributed by atoms with van der Waals surface area (Å²) < 4.78 is 5.21. The average Bonchev–Trinajstić information content (AvgIpc) is 3.31. The molecule has 8 heteroatoms. The minimum Gasteiger partial charge on any atom is -0.497 e. The third-order valence-corrected chi connectivity index (χ3v) is 7.55. The number of aromatic nitrogens is 1. The van der Waals surface area contributed by atoms with Crippen LogP contribution in [0.1, 0.15) is 38.7 Å². The van der Waals surface area contributed by atoms with E-state index in [1.807, 2.05) is 36.1 Å². The van der Waals surface area contributed by atoms with Crippen LogP contribution in [0, 0.1) is 12.8 Å². The number of hydrogen-bond donors (Lipinski definition) is 1. The van der Waals surface area contributed by atoms with Crippen LogP contribution in [0.2, 0.25) is 5.02 Å². The maximum Gasteiger partial charge on any atom is 0.274 e. The van der Waals surface area contributed by atoms with Gasteiger partial charge >= 0.3 is 0 Å². The Hall–Kier alpha value is -2.90. The van der Waals surface area contributed by atoms with Gasteiger partial charge in [-0.15, -0.1) is 11.3 Å². The van der Waals surface area contributed by atoms with E-state index in [1.165, 1.54) is 11.3 Å². The second kappa shape index (κ2) is 8.80. The third kappa shape index (κ3) is 4.35. The molecule has 2 aliphatic rings. The van der Waals surface area contributed by atoms with Crippen molar-refractivity contribution < 1.29 is 14.3 Å². The number of ether oxygens (including phenoxy) is 1. The van der Waals surface area contributed by atoms with Crippen molar-refractivity contribution in [2.45, 2.75) is 31.8 Å². The number of benzene rings is 2. The summed E-state index contributed by atoms with van der Waals surface area (Å²) >= 11 is 7.69. The van der Waals surface area contributed by atoms with E-state index in [1.54, 1.807) is 31.4 Å². The second-order valence-corrected chi connectivity index (χ2v) is 10.2. The number of likely N-dealkylation sites (tertiary alicyclic amines) is 1. The maximum atomic E-state index is 13.7. The predicted molar refractivity (Wildman–Crippen MR) is 129 cm³/mol. The number of methoxy groups -OCH3 is 1. The number of piperidine rings is 1. The molecule has 1 saturated carbocycles. The molecular formula is C25H24ClN3O3S. The Bertz CT molecular complexity index is 1230. The lowest BCUT2D eigenvalue weighted by atomic mass is 10.1. The van der Waals surface area contributed by atoms with E-state index in [9.17, 15) is 9.59 Å². The van der Waals surface area contributed by atoms with Gasteiger partial charge in [0.25, 0.3) is 11.8 Å². The molecule has 1 N–H and O–H groups in total. The van der Waals surface area contributed by atoms with Crippen molar-refractivity contribution in [3.05, 3.63) is 69.8 Å². The lowest BCUT2D eigenvalue weighted by Gasteiger charge is -2.27. The number of aryl methyl sites for hydroxylation is 1. The van der Waals surface area contributed by atoms with Gasteiger partial charge in [0.1, 0.15) is 11.4 Å². The fourth-order valence-corrected chi connectivity index (χ4v) is 5.75. The molecule has 5 rings (SSSR count). The summed E-state index contributed by atoms with van der Waals surface area (Å²) in [7, 11) is 1.57. The number of carbonyl (C=O) groups is 2. The Balaban J connectivity index is 1.35.